The van der Waals surface area contributed by atoms with Crippen LogP contribution in [0, 0.1) is 0 Å². The van der Waals surface area contributed by atoms with Gasteiger partial charge < -0.3 is 4.74 Å². The molecule has 0 radical (unpaired) electrons. The third kappa shape index (κ3) is 3.65. The predicted molar refractivity (Wildman–Crippen MR) is 94.0 cm³/mol. The molecule has 0 saturated heterocycles. The van der Waals surface area contributed by atoms with Gasteiger partial charge in [-0.05, 0) is 39.7 Å². The summed E-state index contributed by atoms with van der Waals surface area (Å²) in [6.07, 6.45) is -0.415. The molecule has 0 spiro atoms. The molecule has 2 heterocycles. The van der Waals surface area contributed by atoms with Crippen LogP contribution >= 0.6 is 15.9 Å². The van der Waals surface area contributed by atoms with E-state index in [4.69, 9.17) is 0 Å². The number of benzene rings is 1. The summed E-state index contributed by atoms with van der Waals surface area (Å²) in [5.74, 6) is -2.51. The summed E-state index contributed by atoms with van der Waals surface area (Å²) in [6, 6.07) is 7.44. The van der Waals surface area contributed by atoms with Crippen LogP contribution in [0.5, 0.6) is 5.75 Å². The van der Waals surface area contributed by atoms with Crippen LogP contribution in [-0.2, 0) is 15.8 Å². The molecule has 3 rings (SSSR count). The molecule has 0 fully saturated rings. The van der Waals surface area contributed by atoms with E-state index in [2.05, 4.69) is 25.7 Å². The number of rotatable bonds is 3. The van der Waals surface area contributed by atoms with Crippen molar-refractivity contribution in [1.29, 1.82) is 0 Å². The van der Waals surface area contributed by atoms with Crippen molar-refractivity contribution >= 4 is 43.9 Å². The third-order valence-corrected chi connectivity index (χ3v) is 4.91. The molecule has 3 aromatic rings. The third-order valence-electron chi connectivity index (χ3n) is 3.45. The van der Waals surface area contributed by atoms with E-state index >= 15 is 0 Å². The van der Waals surface area contributed by atoms with E-state index in [9.17, 15) is 22.2 Å². The molecule has 5 nitrogen and oxygen atoms in total. The number of hydrogen-bond donors (Lipinski definition) is 0. The quantitative estimate of drug-likeness (QED) is 0.449. The summed E-state index contributed by atoms with van der Waals surface area (Å²) in [6.45, 7) is 0. The second-order valence-electron chi connectivity index (χ2n) is 5.24. The molecule has 1 unspecified atom stereocenters. The number of hydrogen-bond acceptors (Lipinski definition) is 4. The smallest absolute Gasteiger partial charge is 0.420 e. The number of aromatic nitrogens is 2. The topological polar surface area (TPSA) is 61.2 Å². The van der Waals surface area contributed by atoms with E-state index in [1.54, 1.807) is 18.3 Å². The van der Waals surface area contributed by atoms with Gasteiger partial charge >= 0.3 is 12.1 Å². The monoisotopic (exact) mass is 446 g/mol. The Morgan fingerprint density at radius 1 is 1.27 bits per heavy atom. The van der Waals surface area contributed by atoms with Gasteiger partial charge in [0, 0.05) is 34.1 Å². The Morgan fingerprint density at radius 2 is 2.00 bits per heavy atom. The number of halogens is 4. The number of nitrogens with zero attached hydrogens (tertiary/aromatic N) is 2. The first-order valence-electron chi connectivity index (χ1n) is 7.07. The first-order chi connectivity index (χ1) is 12.2. The zero-order valence-corrected chi connectivity index (χ0v) is 15.5. The summed E-state index contributed by atoms with van der Waals surface area (Å²) in [4.78, 5) is 15.3. The van der Waals surface area contributed by atoms with Crippen molar-refractivity contribution in [3.05, 3.63) is 47.2 Å². The fraction of sp³-hybridized carbons (Fsp3) is 0.125. The maximum atomic E-state index is 12.3. The maximum Gasteiger partial charge on any atom is 0.491 e. The minimum absolute atomic E-state index is 0.226. The van der Waals surface area contributed by atoms with E-state index in [0.29, 0.717) is 26.6 Å². The molecule has 0 aliphatic rings. The second kappa shape index (κ2) is 6.84. The van der Waals surface area contributed by atoms with Gasteiger partial charge in [0.2, 0.25) is 0 Å². The number of fused-ring (bicyclic) bond motifs is 1. The molecule has 1 aromatic carbocycles. The minimum atomic E-state index is -5.07. The Kier molecular flexibility index (Phi) is 4.89. The molecule has 1 atom stereocenters. The average Bonchev–Trinajstić information content (AvgIpc) is 2.91. The lowest BCUT2D eigenvalue weighted by atomic mass is 10.1. The van der Waals surface area contributed by atoms with E-state index < -0.39 is 23.1 Å². The molecular formula is C16H10BrF3N2O3S. The van der Waals surface area contributed by atoms with Gasteiger partial charge in [0.05, 0.1) is 0 Å². The van der Waals surface area contributed by atoms with E-state index in [-0.39, 0.29) is 5.75 Å². The average molecular weight is 447 g/mol. The van der Waals surface area contributed by atoms with Crippen LogP contribution in [0.3, 0.4) is 0 Å². The number of carbonyl (C=O) groups excluding carboxylic acids is 1. The van der Waals surface area contributed by atoms with E-state index in [1.165, 1.54) is 34.6 Å². The Balaban J connectivity index is 1.99. The summed E-state index contributed by atoms with van der Waals surface area (Å²) < 4.78 is 55.2. The summed E-state index contributed by atoms with van der Waals surface area (Å²) in [5, 5.41) is 0.690. The number of ether oxygens (including phenoxy) is 1. The minimum Gasteiger partial charge on any atom is -0.420 e. The SMILES string of the molecule is CS(=O)n1cc(Br)c2cc(-c3cccc(OC(=O)C(F)(F)F)c3)cnc21. The van der Waals surface area contributed by atoms with Crippen LogP contribution in [0.15, 0.2) is 47.2 Å². The summed E-state index contributed by atoms with van der Waals surface area (Å²) in [5.41, 5.74) is 1.62. The first kappa shape index (κ1) is 18.6. The number of pyridine rings is 1. The Labute approximate surface area is 156 Å². The van der Waals surface area contributed by atoms with Gasteiger partial charge in [0.15, 0.2) is 5.65 Å². The van der Waals surface area contributed by atoms with Gasteiger partial charge in [-0.25, -0.2) is 18.0 Å². The summed E-state index contributed by atoms with van der Waals surface area (Å²) in [7, 11) is -1.29. The van der Waals surface area contributed by atoms with Crippen LogP contribution < -0.4 is 4.74 Å². The van der Waals surface area contributed by atoms with Crippen molar-refractivity contribution < 1.29 is 26.9 Å². The Bertz CT molecular complexity index is 1030. The molecular weight excluding hydrogens is 437 g/mol. The molecule has 0 aliphatic heterocycles. The zero-order valence-electron chi connectivity index (χ0n) is 13.1. The fourth-order valence-corrected chi connectivity index (χ4v) is 3.58. The van der Waals surface area contributed by atoms with Crippen molar-refractivity contribution in [2.24, 2.45) is 0 Å². The number of alkyl halides is 3. The van der Waals surface area contributed by atoms with Crippen LogP contribution in [0.2, 0.25) is 0 Å². The number of esters is 1. The van der Waals surface area contributed by atoms with Gasteiger partial charge in [-0.15, -0.1) is 0 Å². The standard InChI is InChI=1S/C16H10BrF3N2O3S/c1-26(24)22-8-13(17)12-6-10(7-21-14(12)22)9-3-2-4-11(5-9)25-15(23)16(18,19)20/h2-8H,1H3. The molecule has 0 bridgehead atoms. The first-order valence-corrected chi connectivity index (χ1v) is 9.37. The molecule has 0 N–H and O–H groups in total. The highest BCUT2D eigenvalue weighted by Crippen LogP contribution is 2.31. The molecule has 2 aromatic heterocycles. The molecule has 0 aliphatic carbocycles. The van der Waals surface area contributed by atoms with Crippen molar-refractivity contribution in [3.8, 4) is 16.9 Å². The van der Waals surface area contributed by atoms with E-state index in [0.717, 1.165) is 0 Å². The lowest BCUT2D eigenvalue weighted by Crippen LogP contribution is -2.27. The van der Waals surface area contributed by atoms with Crippen molar-refractivity contribution in [3.63, 3.8) is 0 Å². The lowest BCUT2D eigenvalue weighted by Gasteiger charge is -2.08. The second-order valence-corrected chi connectivity index (χ2v) is 7.33. The highest BCUT2D eigenvalue weighted by molar-refractivity contribution is 9.10. The zero-order chi connectivity index (χ0) is 19.1. The van der Waals surface area contributed by atoms with Crippen LogP contribution in [0.4, 0.5) is 13.2 Å². The molecule has 0 saturated carbocycles. The van der Waals surface area contributed by atoms with Gasteiger partial charge in [0.1, 0.15) is 16.7 Å². The normalized spacial score (nSPS) is 13.0. The van der Waals surface area contributed by atoms with Crippen LogP contribution in [0.1, 0.15) is 0 Å². The fourth-order valence-electron chi connectivity index (χ4n) is 2.30. The largest absolute Gasteiger partial charge is 0.491 e. The number of carbonyl (C=O) groups is 1. The predicted octanol–water partition coefficient (Wildman–Crippen LogP) is 4.08. The van der Waals surface area contributed by atoms with Crippen LogP contribution in [-0.4, -0.2) is 31.6 Å². The maximum absolute atomic E-state index is 12.3. The van der Waals surface area contributed by atoms with Gasteiger partial charge in [-0.2, -0.15) is 13.2 Å². The summed E-state index contributed by atoms with van der Waals surface area (Å²) >= 11 is 3.37. The van der Waals surface area contributed by atoms with Gasteiger partial charge in [-0.3, -0.25) is 0 Å². The highest BCUT2D eigenvalue weighted by atomic mass is 79.9. The lowest BCUT2D eigenvalue weighted by molar-refractivity contribution is -0.189. The van der Waals surface area contributed by atoms with E-state index in [1.807, 2.05) is 0 Å². The van der Waals surface area contributed by atoms with Crippen molar-refractivity contribution in [2.75, 3.05) is 6.26 Å². The Morgan fingerprint density at radius 3 is 2.65 bits per heavy atom. The molecule has 136 valence electrons. The Hall–Kier alpha value is -2.20. The molecule has 0 amide bonds. The molecule has 10 heteroatoms. The van der Waals surface area contributed by atoms with Gasteiger partial charge in [-0.1, -0.05) is 12.1 Å². The van der Waals surface area contributed by atoms with Crippen LogP contribution in [0.25, 0.3) is 22.2 Å². The van der Waals surface area contributed by atoms with Gasteiger partial charge in [0.25, 0.3) is 0 Å². The van der Waals surface area contributed by atoms with Crippen molar-refractivity contribution in [1.82, 2.24) is 8.96 Å². The van der Waals surface area contributed by atoms with Crippen molar-refractivity contribution in [2.45, 2.75) is 6.18 Å². The highest BCUT2D eigenvalue weighted by Gasteiger charge is 2.41. The molecule has 26 heavy (non-hydrogen) atoms.